The van der Waals surface area contributed by atoms with Gasteiger partial charge in [-0.15, -0.1) is 0 Å². The fraction of sp³-hybridized carbons (Fsp3) is 0.636. The molecule has 4 rings (SSSR count). The van der Waals surface area contributed by atoms with Crippen LogP contribution in [0.15, 0.2) is 24.3 Å². The van der Waals surface area contributed by atoms with Crippen molar-refractivity contribution >= 4 is 11.8 Å². The SMILES string of the molecule is CCC(=O)N1C[C@@H]2CN(C3CCN(C(C)=O)CC3)C[C@@H]2[C@@H]1c1cccc(F)c1. The van der Waals surface area contributed by atoms with Crippen molar-refractivity contribution in [2.75, 3.05) is 32.7 Å². The summed E-state index contributed by atoms with van der Waals surface area (Å²) >= 11 is 0. The van der Waals surface area contributed by atoms with Crippen molar-refractivity contribution in [1.29, 1.82) is 0 Å². The number of carbonyl (C=O) groups excluding carboxylic acids is 2. The van der Waals surface area contributed by atoms with Gasteiger partial charge in [-0.05, 0) is 36.5 Å². The van der Waals surface area contributed by atoms with Crippen LogP contribution in [0.1, 0.15) is 44.7 Å². The van der Waals surface area contributed by atoms with Gasteiger partial charge in [0.05, 0.1) is 6.04 Å². The molecule has 0 N–H and O–H groups in total. The Morgan fingerprint density at radius 2 is 1.89 bits per heavy atom. The Labute approximate surface area is 166 Å². The number of piperidine rings is 1. The van der Waals surface area contributed by atoms with E-state index in [4.69, 9.17) is 0 Å². The van der Waals surface area contributed by atoms with E-state index in [1.54, 1.807) is 19.1 Å². The van der Waals surface area contributed by atoms with Crippen LogP contribution in [0, 0.1) is 17.7 Å². The maximum absolute atomic E-state index is 13.9. The minimum Gasteiger partial charge on any atom is -0.343 e. The standard InChI is InChI=1S/C22H30FN3O2/c1-3-21(28)26-13-17-12-25(19-7-9-24(10-8-19)15(2)27)14-20(17)22(26)16-5-4-6-18(23)11-16/h4-6,11,17,19-20,22H,3,7-10,12-14H2,1-2H3/t17-,20-,22-/m0/s1. The summed E-state index contributed by atoms with van der Waals surface area (Å²) in [6, 6.07) is 7.24. The lowest BCUT2D eigenvalue weighted by molar-refractivity contribution is -0.132. The fourth-order valence-electron chi connectivity index (χ4n) is 5.50. The molecular formula is C22H30FN3O2. The molecule has 0 bridgehead atoms. The molecule has 3 atom stereocenters. The minimum atomic E-state index is -0.240. The summed E-state index contributed by atoms with van der Waals surface area (Å²) in [6.45, 7) is 7.91. The molecule has 1 aromatic carbocycles. The zero-order valence-electron chi connectivity index (χ0n) is 16.8. The van der Waals surface area contributed by atoms with Crippen LogP contribution in [0.3, 0.4) is 0 Å². The highest BCUT2D eigenvalue weighted by Gasteiger charge is 2.50. The summed E-state index contributed by atoms with van der Waals surface area (Å²) in [5.74, 6) is 0.871. The van der Waals surface area contributed by atoms with Gasteiger partial charge < -0.3 is 9.80 Å². The van der Waals surface area contributed by atoms with Gasteiger partial charge in [0.1, 0.15) is 5.82 Å². The molecule has 1 aromatic rings. The second-order valence-corrected chi connectivity index (χ2v) is 8.51. The molecule has 0 spiro atoms. The Kier molecular flexibility index (Phi) is 5.41. The predicted molar refractivity (Wildman–Crippen MR) is 105 cm³/mol. The van der Waals surface area contributed by atoms with Crippen molar-refractivity contribution in [3.63, 3.8) is 0 Å². The Bertz CT molecular complexity index is 747. The number of hydrogen-bond acceptors (Lipinski definition) is 3. The predicted octanol–water partition coefficient (Wildman–Crippen LogP) is 2.68. The van der Waals surface area contributed by atoms with Gasteiger partial charge in [-0.1, -0.05) is 19.1 Å². The van der Waals surface area contributed by atoms with Crippen LogP contribution in [0.25, 0.3) is 0 Å². The first-order chi connectivity index (χ1) is 13.5. The number of amides is 2. The van der Waals surface area contributed by atoms with Gasteiger partial charge in [-0.25, -0.2) is 4.39 Å². The first-order valence-electron chi connectivity index (χ1n) is 10.5. The number of likely N-dealkylation sites (tertiary alicyclic amines) is 3. The fourth-order valence-corrected chi connectivity index (χ4v) is 5.50. The molecule has 152 valence electrons. The molecule has 3 aliphatic rings. The van der Waals surface area contributed by atoms with E-state index in [1.165, 1.54) is 6.07 Å². The summed E-state index contributed by atoms with van der Waals surface area (Å²) in [5.41, 5.74) is 0.919. The monoisotopic (exact) mass is 387 g/mol. The van der Waals surface area contributed by atoms with E-state index in [0.29, 0.717) is 24.3 Å². The van der Waals surface area contributed by atoms with Crippen LogP contribution >= 0.6 is 0 Å². The van der Waals surface area contributed by atoms with Gasteiger partial charge in [-0.2, -0.15) is 0 Å². The topological polar surface area (TPSA) is 43.9 Å². The van der Waals surface area contributed by atoms with E-state index in [-0.39, 0.29) is 23.7 Å². The molecule has 6 heteroatoms. The third kappa shape index (κ3) is 3.54. The maximum Gasteiger partial charge on any atom is 0.222 e. The van der Waals surface area contributed by atoms with E-state index < -0.39 is 0 Å². The highest BCUT2D eigenvalue weighted by molar-refractivity contribution is 5.77. The van der Waals surface area contributed by atoms with Crippen LogP contribution in [-0.2, 0) is 9.59 Å². The Balaban J connectivity index is 1.50. The van der Waals surface area contributed by atoms with Crippen LogP contribution in [-0.4, -0.2) is 65.3 Å². The van der Waals surface area contributed by atoms with Crippen molar-refractivity contribution < 1.29 is 14.0 Å². The Morgan fingerprint density at radius 3 is 2.54 bits per heavy atom. The van der Waals surface area contributed by atoms with Gasteiger partial charge in [0.25, 0.3) is 0 Å². The second-order valence-electron chi connectivity index (χ2n) is 8.51. The zero-order chi connectivity index (χ0) is 19.8. The lowest BCUT2D eigenvalue weighted by Gasteiger charge is -2.37. The number of carbonyl (C=O) groups is 2. The lowest BCUT2D eigenvalue weighted by Crippen LogP contribution is -2.46. The van der Waals surface area contributed by atoms with Crippen molar-refractivity contribution in [1.82, 2.24) is 14.7 Å². The van der Waals surface area contributed by atoms with Gasteiger partial charge >= 0.3 is 0 Å². The smallest absolute Gasteiger partial charge is 0.222 e. The molecule has 3 aliphatic heterocycles. The van der Waals surface area contributed by atoms with Gasteiger partial charge in [0, 0.05) is 58.0 Å². The van der Waals surface area contributed by atoms with Crippen molar-refractivity contribution in [2.45, 2.75) is 45.2 Å². The van der Waals surface area contributed by atoms with Crippen LogP contribution < -0.4 is 0 Å². The van der Waals surface area contributed by atoms with Crippen LogP contribution in [0.2, 0.25) is 0 Å². The normalized spacial score (nSPS) is 28.6. The molecule has 0 aliphatic carbocycles. The number of nitrogens with zero attached hydrogens (tertiary/aromatic N) is 3. The zero-order valence-corrected chi connectivity index (χ0v) is 16.8. The van der Waals surface area contributed by atoms with E-state index in [2.05, 4.69) is 4.90 Å². The van der Waals surface area contributed by atoms with Crippen LogP contribution in [0.4, 0.5) is 4.39 Å². The lowest BCUT2D eigenvalue weighted by atomic mass is 9.89. The van der Waals surface area contributed by atoms with Gasteiger partial charge in [0.15, 0.2) is 0 Å². The highest BCUT2D eigenvalue weighted by atomic mass is 19.1. The van der Waals surface area contributed by atoms with E-state index in [1.807, 2.05) is 22.8 Å². The number of halogens is 1. The van der Waals surface area contributed by atoms with E-state index in [9.17, 15) is 14.0 Å². The molecular weight excluding hydrogens is 357 g/mol. The average Bonchev–Trinajstić information content (AvgIpc) is 3.25. The number of fused-ring (bicyclic) bond motifs is 1. The Morgan fingerprint density at radius 1 is 1.14 bits per heavy atom. The van der Waals surface area contributed by atoms with Crippen molar-refractivity contribution in [3.8, 4) is 0 Å². The second kappa shape index (κ2) is 7.82. The molecule has 3 saturated heterocycles. The number of hydrogen-bond donors (Lipinski definition) is 0. The number of rotatable bonds is 3. The maximum atomic E-state index is 13.9. The highest BCUT2D eigenvalue weighted by Crippen LogP contribution is 2.46. The van der Waals surface area contributed by atoms with Gasteiger partial charge in [0.2, 0.25) is 11.8 Å². The molecule has 0 unspecified atom stereocenters. The minimum absolute atomic E-state index is 0.0320. The average molecular weight is 387 g/mol. The quantitative estimate of drug-likeness (QED) is 0.801. The van der Waals surface area contributed by atoms with Crippen molar-refractivity contribution in [2.24, 2.45) is 11.8 Å². The number of benzene rings is 1. The summed E-state index contributed by atoms with van der Waals surface area (Å²) in [5, 5.41) is 0. The molecule has 0 saturated carbocycles. The van der Waals surface area contributed by atoms with E-state index in [0.717, 1.165) is 51.1 Å². The molecule has 2 amide bonds. The summed E-state index contributed by atoms with van der Waals surface area (Å²) < 4.78 is 13.9. The first kappa shape index (κ1) is 19.4. The third-order valence-corrected chi connectivity index (χ3v) is 6.93. The van der Waals surface area contributed by atoms with Gasteiger partial charge in [-0.3, -0.25) is 14.5 Å². The molecule has 3 heterocycles. The summed E-state index contributed by atoms with van der Waals surface area (Å²) in [7, 11) is 0. The largest absolute Gasteiger partial charge is 0.343 e. The van der Waals surface area contributed by atoms with E-state index >= 15 is 0 Å². The Hall–Kier alpha value is -1.95. The molecule has 3 fully saturated rings. The molecule has 28 heavy (non-hydrogen) atoms. The van der Waals surface area contributed by atoms with Crippen molar-refractivity contribution in [3.05, 3.63) is 35.6 Å². The van der Waals surface area contributed by atoms with Crippen LogP contribution in [0.5, 0.6) is 0 Å². The summed E-state index contributed by atoms with van der Waals surface area (Å²) in [4.78, 5) is 30.6. The third-order valence-electron chi connectivity index (χ3n) is 6.93. The summed E-state index contributed by atoms with van der Waals surface area (Å²) in [6.07, 6.45) is 2.51. The molecule has 0 radical (unpaired) electrons. The molecule has 5 nitrogen and oxygen atoms in total. The molecule has 0 aromatic heterocycles. The first-order valence-corrected chi connectivity index (χ1v) is 10.5.